The third kappa shape index (κ3) is 3.72. The summed E-state index contributed by atoms with van der Waals surface area (Å²) in [6, 6.07) is 1.84. The van der Waals surface area contributed by atoms with E-state index < -0.39 is 0 Å². The van der Waals surface area contributed by atoms with E-state index in [-0.39, 0.29) is 5.56 Å². The van der Waals surface area contributed by atoms with Crippen molar-refractivity contribution in [2.75, 3.05) is 26.2 Å². The number of hydrogen-bond acceptors (Lipinski definition) is 4. The molecule has 1 atom stereocenters. The van der Waals surface area contributed by atoms with Gasteiger partial charge in [0.1, 0.15) is 0 Å². The summed E-state index contributed by atoms with van der Waals surface area (Å²) in [6.45, 7) is 5.08. The molecule has 0 bridgehead atoms. The van der Waals surface area contributed by atoms with Gasteiger partial charge in [-0.25, -0.2) is 4.68 Å². The van der Waals surface area contributed by atoms with Gasteiger partial charge in [0.2, 0.25) is 0 Å². The highest BCUT2D eigenvalue weighted by Gasteiger charge is 2.24. The smallest absolute Gasteiger partial charge is 0.267 e. The van der Waals surface area contributed by atoms with Gasteiger partial charge >= 0.3 is 0 Å². The van der Waals surface area contributed by atoms with Crippen LogP contribution in [0.1, 0.15) is 49.8 Å². The lowest BCUT2D eigenvalue weighted by molar-refractivity contribution is 0.0579. The maximum Gasteiger partial charge on any atom is 0.267 e. The summed E-state index contributed by atoms with van der Waals surface area (Å²) < 4.78 is 7.49. The van der Waals surface area contributed by atoms with Crippen LogP contribution < -0.4 is 5.56 Å². The van der Waals surface area contributed by atoms with E-state index >= 15 is 0 Å². The molecule has 132 valence electrons. The number of rotatable bonds is 4. The fourth-order valence-corrected chi connectivity index (χ4v) is 4.40. The minimum Gasteiger partial charge on any atom is -0.377 e. The summed E-state index contributed by atoms with van der Waals surface area (Å²) in [5.74, 6) is 0.581. The summed E-state index contributed by atoms with van der Waals surface area (Å²) in [6.07, 6.45) is 9.68. The highest BCUT2D eigenvalue weighted by molar-refractivity contribution is 5.20. The van der Waals surface area contributed by atoms with Gasteiger partial charge in [0, 0.05) is 25.8 Å². The molecular weight excluding hydrogens is 302 g/mol. The lowest BCUT2D eigenvalue weighted by Crippen LogP contribution is -2.40. The number of fused-ring (bicyclic) bond motifs is 1. The summed E-state index contributed by atoms with van der Waals surface area (Å²) >= 11 is 0. The molecule has 1 aromatic heterocycles. The monoisotopic (exact) mass is 331 g/mol. The highest BCUT2D eigenvalue weighted by Crippen LogP contribution is 2.22. The van der Waals surface area contributed by atoms with Crippen LogP contribution in [0, 0.1) is 5.92 Å². The molecule has 1 unspecified atom stereocenters. The number of likely N-dealkylation sites (tertiary alicyclic amines) is 1. The Balaban J connectivity index is 1.33. The van der Waals surface area contributed by atoms with Crippen LogP contribution in [0.5, 0.6) is 0 Å². The molecule has 3 aliphatic rings. The van der Waals surface area contributed by atoms with Gasteiger partial charge in [-0.2, -0.15) is 5.10 Å². The summed E-state index contributed by atoms with van der Waals surface area (Å²) in [5.41, 5.74) is 2.45. The molecule has 4 rings (SSSR count). The van der Waals surface area contributed by atoms with Gasteiger partial charge in [0.15, 0.2) is 0 Å². The predicted octanol–water partition coefficient (Wildman–Crippen LogP) is 2.01. The Morgan fingerprint density at radius 2 is 1.92 bits per heavy atom. The predicted molar refractivity (Wildman–Crippen MR) is 93.3 cm³/mol. The van der Waals surface area contributed by atoms with Crippen molar-refractivity contribution in [3.8, 4) is 0 Å². The molecule has 0 saturated carbocycles. The summed E-state index contributed by atoms with van der Waals surface area (Å²) in [7, 11) is 0. The Bertz CT molecular complexity index is 614. The van der Waals surface area contributed by atoms with Gasteiger partial charge < -0.3 is 9.64 Å². The molecule has 1 aliphatic carbocycles. The van der Waals surface area contributed by atoms with Crippen molar-refractivity contribution < 1.29 is 4.74 Å². The maximum absolute atomic E-state index is 12.3. The fraction of sp³-hybridized carbons (Fsp3) is 0.789. The quantitative estimate of drug-likeness (QED) is 0.847. The van der Waals surface area contributed by atoms with E-state index in [0.29, 0.717) is 12.0 Å². The van der Waals surface area contributed by atoms with Crippen LogP contribution in [0.3, 0.4) is 0 Å². The Kier molecular flexibility index (Phi) is 4.99. The number of hydrogen-bond donors (Lipinski definition) is 0. The average Bonchev–Trinajstić information content (AvgIpc) is 3.10. The van der Waals surface area contributed by atoms with Crippen molar-refractivity contribution in [2.24, 2.45) is 5.92 Å². The number of piperidine rings is 1. The molecule has 1 aromatic rings. The molecule has 5 nitrogen and oxygen atoms in total. The minimum atomic E-state index is 0.0948. The average molecular weight is 331 g/mol. The zero-order valence-electron chi connectivity index (χ0n) is 14.6. The van der Waals surface area contributed by atoms with E-state index in [9.17, 15) is 4.79 Å². The molecule has 2 aliphatic heterocycles. The first-order chi connectivity index (χ1) is 11.8. The molecular formula is C19H29N3O2. The van der Waals surface area contributed by atoms with E-state index in [2.05, 4.69) is 10.00 Å². The van der Waals surface area contributed by atoms with Gasteiger partial charge in [-0.05, 0) is 75.9 Å². The van der Waals surface area contributed by atoms with E-state index in [1.54, 1.807) is 4.68 Å². The first-order valence-corrected chi connectivity index (χ1v) is 9.72. The lowest BCUT2D eigenvalue weighted by Gasteiger charge is -2.33. The third-order valence-electron chi connectivity index (χ3n) is 5.90. The van der Waals surface area contributed by atoms with Crippen molar-refractivity contribution in [2.45, 2.75) is 64.0 Å². The largest absolute Gasteiger partial charge is 0.377 e. The van der Waals surface area contributed by atoms with E-state index in [1.807, 2.05) is 6.07 Å². The number of ether oxygens (including phenoxy) is 1. The zero-order chi connectivity index (χ0) is 16.4. The second kappa shape index (κ2) is 7.36. The van der Waals surface area contributed by atoms with Crippen molar-refractivity contribution in [1.82, 2.24) is 14.7 Å². The van der Waals surface area contributed by atoms with Gasteiger partial charge in [-0.1, -0.05) is 0 Å². The molecule has 0 radical (unpaired) electrons. The van der Waals surface area contributed by atoms with Crippen LogP contribution in [-0.4, -0.2) is 47.0 Å². The van der Waals surface area contributed by atoms with E-state index in [0.717, 1.165) is 64.2 Å². The number of aromatic nitrogens is 2. The molecule has 3 heterocycles. The van der Waals surface area contributed by atoms with E-state index in [4.69, 9.17) is 4.74 Å². The second-order valence-corrected chi connectivity index (χ2v) is 7.72. The lowest BCUT2D eigenvalue weighted by atomic mass is 9.95. The first-order valence-electron chi connectivity index (χ1n) is 9.72. The topological polar surface area (TPSA) is 47.4 Å². The van der Waals surface area contributed by atoms with Crippen LogP contribution in [0.4, 0.5) is 0 Å². The fourth-order valence-electron chi connectivity index (χ4n) is 4.40. The third-order valence-corrected chi connectivity index (χ3v) is 5.90. The molecule has 2 saturated heterocycles. The summed E-state index contributed by atoms with van der Waals surface area (Å²) in [4.78, 5) is 14.9. The number of aryl methyl sites for hydroxylation is 2. The molecule has 0 aromatic carbocycles. The molecule has 0 spiro atoms. The molecule has 24 heavy (non-hydrogen) atoms. The van der Waals surface area contributed by atoms with Crippen LogP contribution in [0.25, 0.3) is 0 Å². The zero-order valence-corrected chi connectivity index (χ0v) is 14.6. The summed E-state index contributed by atoms with van der Waals surface area (Å²) in [5, 5.41) is 4.68. The van der Waals surface area contributed by atoms with Gasteiger partial charge in [0.25, 0.3) is 5.56 Å². The van der Waals surface area contributed by atoms with Crippen molar-refractivity contribution in [3.63, 3.8) is 0 Å². The van der Waals surface area contributed by atoms with E-state index in [1.165, 1.54) is 31.2 Å². The van der Waals surface area contributed by atoms with Crippen LogP contribution in [0.15, 0.2) is 10.9 Å². The normalized spacial score (nSPS) is 25.8. The van der Waals surface area contributed by atoms with Gasteiger partial charge in [0.05, 0.1) is 11.8 Å². The Hall–Kier alpha value is -1.20. The Labute approximate surface area is 144 Å². The van der Waals surface area contributed by atoms with Crippen molar-refractivity contribution in [1.29, 1.82) is 0 Å². The molecule has 5 heteroatoms. The van der Waals surface area contributed by atoms with Crippen LogP contribution in [0.2, 0.25) is 0 Å². The molecule has 2 fully saturated rings. The van der Waals surface area contributed by atoms with Gasteiger partial charge in [-0.3, -0.25) is 4.79 Å². The standard InChI is InChI=1S/C19H29N3O2/c23-19-12-16-4-1-2-6-18(16)20-22(19)13-15-7-9-21(10-8-15)14-17-5-3-11-24-17/h12,15,17H,1-11,13-14H2. The van der Waals surface area contributed by atoms with Crippen LogP contribution >= 0.6 is 0 Å². The first kappa shape index (κ1) is 16.3. The van der Waals surface area contributed by atoms with Crippen molar-refractivity contribution >= 4 is 0 Å². The minimum absolute atomic E-state index is 0.0948. The Morgan fingerprint density at radius 1 is 1.08 bits per heavy atom. The molecule has 0 N–H and O–H groups in total. The highest BCUT2D eigenvalue weighted by atomic mass is 16.5. The molecule has 0 amide bonds. The van der Waals surface area contributed by atoms with Crippen LogP contribution in [-0.2, 0) is 24.1 Å². The van der Waals surface area contributed by atoms with Gasteiger partial charge in [-0.15, -0.1) is 0 Å². The van der Waals surface area contributed by atoms with Crippen molar-refractivity contribution in [3.05, 3.63) is 27.7 Å². The maximum atomic E-state index is 12.3. The SMILES string of the molecule is O=c1cc2c(nn1CC1CCN(CC3CCCO3)CC1)CCCC2. The Morgan fingerprint density at radius 3 is 2.71 bits per heavy atom. The second-order valence-electron chi connectivity index (χ2n) is 7.72. The number of nitrogens with zero attached hydrogens (tertiary/aromatic N) is 3.